The Kier molecular flexibility index (Phi) is 2.22. The summed E-state index contributed by atoms with van der Waals surface area (Å²) in [7, 11) is 0. The molecule has 1 rings (SSSR count). The molecule has 0 aromatic heterocycles. The predicted molar refractivity (Wildman–Crippen MR) is 37.9 cm³/mol. The summed E-state index contributed by atoms with van der Waals surface area (Å²) in [5, 5.41) is 0.623. The minimum absolute atomic E-state index is 0.438. The van der Waals surface area contributed by atoms with Crippen LogP contribution >= 0.6 is 11.9 Å². The maximum Gasteiger partial charge on any atom is 0.322 e. The van der Waals surface area contributed by atoms with Gasteiger partial charge in [-0.15, -0.1) is 0 Å². The van der Waals surface area contributed by atoms with Gasteiger partial charge >= 0.3 is 6.03 Å². The first-order valence-electron chi connectivity index (χ1n) is 3.00. The Hall–Kier alpha value is -0.380. The lowest BCUT2D eigenvalue weighted by molar-refractivity contribution is 0.254. The van der Waals surface area contributed by atoms with Crippen molar-refractivity contribution in [1.29, 1.82) is 0 Å². The molecule has 2 amide bonds. The molecular formula is C5H10N2OS. The van der Waals surface area contributed by atoms with Gasteiger partial charge in [0, 0.05) is 5.25 Å². The van der Waals surface area contributed by atoms with Crippen molar-refractivity contribution in [3.63, 3.8) is 0 Å². The summed E-state index contributed by atoms with van der Waals surface area (Å²) in [6, 6.07) is -0.438. The van der Waals surface area contributed by atoms with Gasteiger partial charge in [0.05, 0.1) is 0 Å². The van der Waals surface area contributed by atoms with E-state index in [0.29, 0.717) is 5.25 Å². The van der Waals surface area contributed by atoms with Crippen molar-refractivity contribution in [2.24, 2.45) is 5.73 Å². The van der Waals surface area contributed by atoms with Crippen molar-refractivity contribution < 1.29 is 4.79 Å². The van der Waals surface area contributed by atoms with E-state index in [-0.39, 0.29) is 0 Å². The van der Waals surface area contributed by atoms with E-state index >= 15 is 0 Å². The lowest BCUT2D eigenvalue weighted by atomic mass is 10.0. The van der Waals surface area contributed by atoms with Gasteiger partial charge in [-0.25, -0.2) is 4.79 Å². The van der Waals surface area contributed by atoms with Gasteiger partial charge in [0.25, 0.3) is 0 Å². The van der Waals surface area contributed by atoms with E-state index < -0.39 is 6.03 Å². The lowest BCUT2D eigenvalue weighted by Gasteiger charge is -2.23. The van der Waals surface area contributed by atoms with Crippen molar-refractivity contribution >= 4 is 18.0 Å². The van der Waals surface area contributed by atoms with Crippen LogP contribution in [0.25, 0.3) is 0 Å². The molecule has 0 heterocycles. The van der Waals surface area contributed by atoms with Gasteiger partial charge in [0.15, 0.2) is 0 Å². The van der Waals surface area contributed by atoms with Crippen molar-refractivity contribution in [3.05, 3.63) is 0 Å². The normalized spacial score (nSPS) is 18.7. The van der Waals surface area contributed by atoms with Crippen LogP contribution in [-0.2, 0) is 0 Å². The summed E-state index contributed by atoms with van der Waals surface area (Å²) in [4.78, 5) is 10.1. The molecule has 0 unspecified atom stereocenters. The SMILES string of the molecule is NC(=O)NSC1CCC1. The lowest BCUT2D eigenvalue weighted by Crippen LogP contribution is -2.28. The molecule has 0 saturated heterocycles. The Morgan fingerprint density at radius 2 is 2.33 bits per heavy atom. The fourth-order valence-electron chi connectivity index (χ4n) is 0.630. The minimum Gasteiger partial charge on any atom is -0.351 e. The Morgan fingerprint density at radius 3 is 2.67 bits per heavy atom. The van der Waals surface area contributed by atoms with E-state index in [9.17, 15) is 4.79 Å². The van der Waals surface area contributed by atoms with Crippen LogP contribution in [0.15, 0.2) is 0 Å². The largest absolute Gasteiger partial charge is 0.351 e. The van der Waals surface area contributed by atoms with E-state index in [1.807, 2.05) is 0 Å². The molecule has 4 heteroatoms. The third kappa shape index (κ3) is 2.13. The molecule has 0 aromatic carbocycles. The third-order valence-corrected chi connectivity index (χ3v) is 2.50. The van der Waals surface area contributed by atoms with Gasteiger partial charge in [-0.05, 0) is 24.8 Å². The van der Waals surface area contributed by atoms with Gasteiger partial charge < -0.3 is 5.73 Å². The highest BCUT2D eigenvalue weighted by atomic mass is 32.2. The zero-order chi connectivity index (χ0) is 6.69. The summed E-state index contributed by atoms with van der Waals surface area (Å²) >= 11 is 1.45. The topological polar surface area (TPSA) is 55.1 Å². The average molecular weight is 146 g/mol. The second kappa shape index (κ2) is 2.96. The molecule has 3 nitrogen and oxygen atoms in total. The highest BCUT2D eigenvalue weighted by Crippen LogP contribution is 2.28. The van der Waals surface area contributed by atoms with Gasteiger partial charge in [-0.2, -0.15) is 0 Å². The smallest absolute Gasteiger partial charge is 0.322 e. The molecule has 0 bridgehead atoms. The van der Waals surface area contributed by atoms with Crippen LogP contribution in [0.3, 0.4) is 0 Å². The van der Waals surface area contributed by atoms with E-state index in [0.717, 1.165) is 0 Å². The molecule has 3 N–H and O–H groups in total. The molecule has 0 atom stereocenters. The number of carbonyl (C=O) groups excluding carboxylic acids is 1. The summed E-state index contributed by atoms with van der Waals surface area (Å²) in [5.41, 5.74) is 4.85. The quantitative estimate of drug-likeness (QED) is 0.567. The second-order valence-corrected chi connectivity index (χ2v) is 3.24. The summed E-state index contributed by atoms with van der Waals surface area (Å²) in [6.45, 7) is 0. The number of hydrogen-bond acceptors (Lipinski definition) is 2. The number of primary amides is 1. The van der Waals surface area contributed by atoms with Crippen LogP contribution in [0.2, 0.25) is 0 Å². The predicted octanol–water partition coefficient (Wildman–Crippen LogP) is 0.855. The van der Waals surface area contributed by atoms with E-state index in [2.05, 4.69) is 4.72 Å². The zero-order valence-corrected chi connectivity index (χ0v) is 5.91. The molecule has 0 aliphatic heterocycles. The van der Waals surface area contributed by atoms with Crippen LogP contribution in [0.4, 0.5) is 4.79 Å². The van der Waals surface area contributed by atoms with Gasteiger partial charge in [0.1, 0.15) is 0 Å². The number of rotatable bonds is 2. The molecule has 0 aromatic rings. The third-order valence-electron chi connectivity index (χ3n) is 1.38. The van der Waals surface area contributed by atoms with Crippen molar-refractivity contribution in [3.8, 4) is 0 Å². The van der Waals surface area contributed by atoms with Crippen molar-refractivity contribution in [2.45, 2.75) is 24.5 Å². The number of carbonyl (C=O) groups is 1. The number of amides is 2. The molecule has 52 valence electrons. The highest BCUT2D eigenvalue weighted by molar-refractivity contribution is 7.98. The molecule has 9 heavy (non-hydrogen) atoms. The van der Waals surface area contributed by atoms with E-state index in [1.165, 1.54) is 31.2 Å². The first-order valence-corrected chi connectivity index (χ1v) is 3.88. The molecule has 1 aliphatic carbocycles. The fourth-order valence-corrected chi connectivity index (χ4v) is 1.48. The fraction of sp³-hybridized carbons (Fsp3) is 0.800. The summed E-state index contributed by atoms with van der Waals surface area (Å²) < 4.78 is 2.50. The molecular weight excluding hydrogens is 136 g/mol. The van der Waals surface area contributed by atoms with E-state index in [1.54, 1.807) is 0 Å². The van der Waals surface area contributed by atoms with Gasteiger partial charge in [-0.1, -0.05) is 6.42 Å². The van der Waals surface area contributed by atoms with Crippen LogP contribution in [0, 0.1) is 0 Å². The van der Waals surface area contributed by atoms with Crippen LogP contribution < -0.4 is 10.5 Å². The Bertz CT molecular complexity index is 114. The van der Waals surface area contributed by atoms with Gasteiger partial charge in [0.2, 0.25) is 0 Å². The first kappa shape index (κ1) is 6.74. The summed E-state index contributed by atoms with van der Waals surface area (Å²) in [5.74, 6) is 0. The Morgan fingerprint density at radius 1 is 1.67 bits per heavy atom. The average Bonchev–Trinajstić information content (AvgIpc) is 1.60. The van der Waals surface area contributed by atoms with Crippen LogP contribution in [-0.4, -0.2) is 11.3 Å². The number of nitrogens with one attached hydrogen (secondary N) is 1. The Balaban J connectivity index is 1.97. The number of hydrogen-bond donors (Lipinski definition) is 2. The number of urea groups is 1. The number of nitrogens with two attached hydrogens (primary N) is 1. The maximum absolute atomic E-state index is 10.1. The van der Waals surface area contributed by atoms with E-state index in [4.69, 9.17) is 5.73 Å². The first-order chi connectivity index (χ1) is 4.29. The van der Waals surface area contributed by atoms with Gasteiger partial charge in [-0.3, -0.25) is 4.72 Å². The molecule has 1 saturated carbocycles. The van der Waals surface area contributed by atoms with Crippen molar-refractivity contribution in [2.75, 3.05) is 0 Å². The second-order valence-electron chi connectivity index (χ2n) is 2.14. The summed E-state index contributed by atoms with van der Waals surface area (Å²) in [6.07, 6.45) is 3.72. The van der Waals surface area contributed by atoms with Crippen LogP contribution in [0.1, 0.15) is 19.3 Å². The molecule has 1 aliphatic rings. The Labute approximate surface area is 58.5 Å². The molecule has 0 radical (unpaired) electrons. The monoisotopic (exact) mass is 146 g/mol. The molecule has 0 spiro atoms. The maximum atomic E-state index is 10.1. The standard InChI is InChI=1S/C5H10N2OS/c6-5(8)7-9-4-2-1-3-4/h4H,1-3H2,(H3,6,7,8). The zero-order valence-electron chi connectivity index (χ0n) is 5.09. The minimum atomic E-state index is -0.438. The highest BCUT2D eigenvalue weighted by Gasteiger charge is 2.17. The molecule has 1 fully saturated rings. The van der Waals surface area contributed by atoms with Crippen LogP contribution in [0.5, 0.6) is 0 Å². The van der Waals surface area contributed by atoms with Crippen molar-refractivity contribution in [1.82, 2.24) is 4.72 Å².